The van der Waals surface area contributed by atoms with Gasteiger partial charge in [0.25, 0.3) is 0 Å². The molecule has 0 saturated heterocycles. The fourth-order valence-electron chi connectivity index (χ4n) is 2.61. The number of carbonyl (C=O) groups is 2. The van der Waals surface area contributed by atoms with Crippen molar-refractivity contribution in [3.63, 3.8) is 0 Å². The fraction of sp³-hybridized carbons (Fsp3) is 0.238. The molecule has 0 radical (unpaired) electrons. The molecule has 0 aliphatic heterocycles. The van der Waals surface area contributed by atoms with Gasteiger partial charge in [0.2, 0.25) is 5.91 Å². The summed E-state index contributed by atoms with van der Waals surface area (Å²) in [5, 5.41) is 2.68. The molecule has 0 spiro atoms. The van der Waals surface area contributed by atoms with Gasteiger partial charge in [-0.05, 0) is 49.8 Å². The highest BCUT2D eigenvalue weighted by Crippen LogP contribution is 2.16. The number of ketones is 1. The zero-order valence-corrected chi connectivity index (χ0v) is 15.0. The first-order valence-electron chi connectivity index (χ1n) is 8.48. The van der Waals surface area contributed by atoms with Gasteiger partial charge in [-0.3, -0.25) is 9.59 Å². The minimum atomic E-state index is -0.159. The van der Waals surface area contributed by atoms with Gasteiger partial charge in [0.1, 0.15) is 0 Å². The third-order valence-electron chi connectivity index (χ3n) is 3.92. The number of rotatable bonds is 7. The van der Waals surface area contributed by atoms with Gasteiger partial charge in [0.15, 0.2) is 5.78 Å². The summed E-state index contributed by atoms with van der Waals surface area (Å²) < 4.78 is 0. The van der Waals surface area contributed by atoms with Crippen molar-refractivity contribution in [2.75, 3.05) is 23.3 Å². The Kier molecular flexibility index (Phi) is 6.52. The van der Waals surface area contributed by atoms with E-state index in [1.165, 1.54) is 12.6 Å². The van der Waals surface area contributed by atoms with Crippen molar-refractivity contribution in [3.05, 3.63) is 65.7 Å². The van der Waals surface area contributed by atoms with Crippen molar-refractivity contribution in [1.82, 2.24) is 0 Å². The summed E-state index contributed by atoms with van der Waals surface area (Å²) in [6.07, 6.45) is 3.36. The Morgan fingerprint density at radius 2 is 1.72 bits per heavy atom. The zero-order chi connectivity index (χ0) is 18.2. The molecule has 0 bridgehead atoms. The smallest absolute Gasteiger partial charge is 0.221 e. The Hall–Kier alpha value is -2.88. The van der Waals surface area contributed by atoms with Crippen molar-refractivity contribution in [1.29, 1.82) is 0 Å². The molecule has 1 N–H and O–H groups in total. The van der Waals surface area contributed by atoms with Crippen molar-refractivity contribution in [2.24, 2.45) is 0 Å². The molecular formula is C21H24N2O2. The molecule has 2 rings (SSSR count). The molecule has 25 heavy (non-hydrogen) atoms. The second kappa shape index (κ2) is 8.83. The highest BCUT2D eigenvalue weighted by Gasteiger charge is 2.04. The molecule has 0 unspecified atom stereocenters. The van der Waals surface area contributed by atoms with E-state index in [4.69, 9.17) is 0 Å². The molecule has 2 aromatic rings. The van der Waals surface area contributed by atoms with Crippen LogP contribution in [0.15, 0.2) is 54.6 Å². The molecule has 130 valence electrons. The number of anilines is 2. The van der Waals surface area contributed by atoms with Crippen LogP contribution in [0.3, 0.4) is 0 Å². The maximum Gasteiger partial charge on any atom is 0.221 e. The number of amides is 1. The number of allylic oxidation sites excluding steroid dienone is 1. The summed E-state index contributed by atoms with van der Waals surface area (Å²) in [6.45, 7) is 7.63. The van der Waals surface area contributed by atoms with Crippen LogP contribution in [-0.4, -0.2) is 24.8 Å². The maximum absolute atomic E-state index is 12.3. The van der Waals surface area contributed by atoms with E-state index >= 15 is 0 Å². The molecule has 0 aromatic heterocycles. The summed E-state index contributed by atoms with van der Waals surface area (Å²) >= 11 is 0. The minimum Gasteiger partial charge on any atom is -0.372 e. The van der Waals surface area contributed by atoms with Crippen molar-refractivity contribution < 1.29 is 9.59 Å². The highest BCUT2D eigenvalue weighted by molar-refractivity contribution is 6.07. The summed E-state index contributed by atoms with van der Waals surface area (Å²) in [4.78, 5) is 25.7. The third-order valence-corrected chi connectivity index (χ3v) is 3.92. The molecule has 0 heterocycles. The van der Waals surface area contributed by atoms with Gasteiger partial charge in [-0.1, -0.05) is 30.3 Å². The number of hydrogen-bond donors (Lipinski definition) is 1. The quantitative estimate of drug-likeness (QED) is 0.603. The van der Waals surface area contributed by atoms with Gasteiger partial charge in [-0.25, -0.2) is 0 Å². The van der Waals surface area contributed by atoms with E-state index < -0.39 is 0 Å². The summed E-state index contributed by atoms with van der Waals surface area (Å²) in [6, 6.07) is 15.1. The molecular weight excluding hydrogens is 312 g/mol. The maximum atomic E-state index is 12.3. The number of hydrogen-bond acceptors (Lipinski definition) is 3. The predicted molar refractivity (Wildman–Crippen MR) is 104 cm³/mol. The van der Waals surface area contributed by atoms with Crippen LogP contribution < -0.4 is 10.2 Å². The Labute approximate surface area is 149 Å². The lowest BCUT2D eigenvalue weighted by molar-refractivity contribution is -0.114. The predicted octanol–water partition coefficient (Wildman–Crippen LogP) is 4.39. The Balaban J connectivity index is 2.08. The zero-order valence-electron chi connectivity index (χ0n) is 15.0. The van der Waals surface area contributed by atoms with Gasteiger partial charge in [-0.15, -0.1) is 0 Å². The Morgan fingerprint density at radius 1 is 1.04 bits per heavy atom. The Bertz CT molecular complexity index is 760. The van der Waals surface area contributed by atoms with Gasteiger partial charge in [-0.2, -0.15) is 0 Å². The first kappa shape index (κ1) is 18.5. The second-order valence-electron chi connectivity index (χ2n) is 5.72. The van der Waals surface area contributed by atoms with Gasteiger partial charge >= 0.3 is 0 Å². The van der Waals surface area contributed by atoms with Crippen LogP contribution in [0.5, 0.6) is 0 Å². The molecule has 4 nitrogen and oxygen atoms in total. The fourth-order valence-corrected chi connectivity index (χ4v) is 2.61. The van der Waals surface area contributed by atoms with Crippen molar-refractivity contribution >= 4 is 29.1 Å². The average Bonchev–Trinajstić information content (AvgIpc) is 2.61. The lowest BCUT2D eigenvalue weighted by Crippen LogP contribution is -2.21. The summed E-state index contributed by atoms with van der Waals surface area (Å²) in [7, 11) is 0. The van der Waals surface area contributed by atoms with E-state index in [9.17, 15) is 9.59 Å². The van der Waals surface area contributed by atoms with E-state index in [1.54, 1.807) is 36.4 Å². The molecule has 0 aliphatic carbocycles. The topological polar surface area (TPSA) is 49.4 Å². The van der Waals surface area contributed by atoms with Crippen LogP contribution in [0.1, 0.15) is 36.7 Å². The average molecular weight is 336 g/mol. The molecule has 2 aromatic carbocycles. The van der Waals surface area contributed by atoms with Crippen molar-refractivity contribution in [3.8, 4) is 0 Å². The first-order chi connectivity index (χ1) is 12.0. The van der Waals surface area contributed by atoms with E-state index in [-0.39, 0.29) is 11.7 Å². The molecule has 4 heteroatoms. The van der Waals surface area contributed by atoms with Crippen molar-refractivity contribution in [2.45, 2.75) is 20.8 Å². The number of nitrogens with one attached hydrogen (secondary N) is 1. The highest BCUT2D eigenvalue weighted by atomic mass is 16.1. The van der Waals surface area contributed by atoms with E-state index in [0.29, 0.717) is 11.3 Å². The monoisotopic (exact) mass is 336 g/mol. The van der Waals surface area contributed by atoms with E-state index in [2.05, 4.69) is 36.2 Å². The largest absolute Gasteiger partial charge is 0.372 e. The van der Waals surface area contributed by atoms with Crippen LogP contribution in [-0.2, 0) is 4.79 Å². The summed E-state index contributed by atoms with van der Waals surface area (Å²) in [5.74, 6) is -0.256. The lowest BCUT2D eigenvalue weighted by atomic mass is 10.1. The van der Waals surface area contributed by atoms with E-state index in [0.717, 1.165) is 18.7 Å². The van der Waals surface area contributed by atoms with Gasteiger partial charge < -0.3 is 10.2 Å². The van der Waals surface area contributed by atoms with Crippen LogP contribution >= 0.6 is 0 Å². The second-order valence-corrected chi connectivity index (χ2v) is 5.72. The molecule has 1 amide bonds. The van der Waals surface area contributed by atoms with Gasteiger partial charge in [0.05, 0.1) is 0 Å². The summed E-state index contributed by atoms with van der Waals surface area (Å²) in [5.41, 5.74) is 3.32. The lowest BCUT2D eigenvalue weighted by Gasteiger charge is -2.20. The SMILES string of the molecule is CCN(CC)c1ccc(C=CC(=O)c2cccc(NC(C)=O)c2)cc1. The standard InChI is InChI=1S/C21H24N2O2/c1-4-23(5-2)20-12-9-17(10-13-20)11-14-21(25)18-7-6-8-19(15-18)22-16(3)24/h6-15H,4-5H2,1-3H3,(H,22,24). The number of benzene rings is 2. The van der Waals surface area contributed by atoms with Crippen LogP contribution in [0.2, 0.25) is 0 Å². The molecule has 0 saturated carbocycles. The minimum absolute atomic E-state index is 0.0972. The molecule has 0 fully saturated rings. The number of nitrogens with zero attached hydrogens (tertiary/aromatic N) is 1. The van der Waals surface area contributed by atoms with E-state index in [1.807, 2.05) is 12.1 Å². The van der Waals surface area contributed by atoms with Crippen LogP contribution in [0.25, 0.3) is 6.08 Å². The Morgan fingerprint density at radius 3 is 2.32 bits per heavy atom. The molecule has 0 atom stereocenters. The molecule has 0 aliphatic rings. The van der Waals surface area contributed by atoms with Crippen LogP contribution in [0, 0.1) is 0 Å². The van der Waals surface area contributed by atoms with Crippen LogP contribution in [0.4, 0.5) is 11.4 Å². The first-order valence-corrected chi connectivity index (χ1v) is 8.48. The number of carbonyl (C=O) groups excluding carboxylic acids is 2. The van der Waals surface area contributed by atoms with Gasteiger partial charge in [0, 0.05) is 37.0 Å². The third kappa shape index (κ3) is 5.31. The normalized spacial score (nSPS) is 10.7.